The predicted molar refractivity (Wildman–Crippen MR) is 86.1 cm³/mol. The average Bonchev–Trinajstić information content (AvgIpc) is 2.49. The Kier molecular flexibility index (Phi) is 5.88. The van der Waals surface area contributed by atoms with Crippen LogP contribution in [0, 0.1) is 0 Å². The maximum absolute atomic E-state index is 5.55. The summed E-state index contributed by atoms with van der Waals surface area (Å²) in [6, 6.07) is 7.44. The summed E-state index contributed by atoms with van der Waals surface area (Å²) < 4.78 is 11.0. The first-order chi connectivity index (χ1) is 10.1. The van der Waals surface area contributed by atoms with E-state index in [0.717, 1.165) is 18.0 Å². The lowest BCUT2D eigenvalue weighted by atomic mass is 9.98. The van der Waals surface area contributed by atoms with E-state index in [2.05, 4.69) is 36.3 Å². The van der Waals surface area contributed by atoms with Gasteiger partial charge in [-0.2, -0.15) is 0 Å². The second kappa shape index (κ2) is 7.66. The molecule has 4 nitrogen and oxygen atoms in total. The molecule has 0 amide bonds. The van der Waals surface area contributed by atoms with E-state index in [-0.39, 0.29) is 0 Å². The summed E-state index contributed by atoms with van der Waals surface area (Å²) in [6.07, 6.45) is 2.43. The van der Waals surface area contributed by atoms with Crippen LogP contribution in [0.5, 0.6) is 11.5 Å². The van der Waals surface area contributed by atoms with E-state index in [1.54, 1.807) is 7.11 Å². The van der Waals surface area contributed by atoms with Crippen molar-refractivity contribution in [3.63, 3.8) is 0 Å². The van der Waals surface area contributed by atoms with E-state index in [1.165, 1.54) is 24.9 Å². The summed E-state index contributed by atoms with van der Waals surface area (Å²) in [6.45, 7) is 6.99. The molecule has 1 aromatic rings. The minimum Gasteiger partial charge on any atom is -0.493 e. The Hall–Kier alpha value is -1.26. The summed E-state index contributed by atoms with van der Waals surface area (Å²) in [4.78, 5) is 2.43. The summed E-state index contributed by atoms with van der Waals surface area (Å²) in [7, 11) is 3.89. The van der Waals surface area contributed by atoms with Crippen LogP contribution in [0.2, 0.25) is 0 Å². The number of ether oxygens (including phenoxy) is 2. The predicted octanol–water partition coefficient (Wildman–Crippen LogP) is 2.67. The average molecular weight is 292 g/mol. The number of hydrogen-bond acceptors (Lipinski definition) is 4. The monoisotopic (exact) mass is 292 g/mol. The lowest BCUT2D eigenvalue weighted by molar-refractivity contribution is 0.168. The van der Waals surface area contributed by atoms with E-state index in [1.807, 2.05) is 13.0 Å². The third kappa shape index (κ3) is 4.35. The molecule has 0 spiro atoms. The van der Waals surface area contributed by atoms with Gasteiger partial charge in [-0.05, 0) is 58.0 Å². The Bertz CT molecular complexity index is 450. The molecule has 0 bridgehead atoms. The molecule has 1 heterocycles. The third-order valence-corrected chi connectivity index (χ3v) is 4.33. The zero-order valence-corrected chi connectivity index (χ0v) is 13.7. The lowest BCUT2D eigenvalue weighted by Gasteiger charge is -2.35. The van der Waals surface area contributed by atoms with Gasteiger partial charge in [-0.3, -0.25) is 0 Å². The Morgan fingerprint density at radius 1 is 1.33 bits per heavy atom. The van der Waals surface area contributed by atoms with Crippen LogP contribution in [0.3, 0.4) is 0 Å². The number of hydrogen-bond donors (Lipinski definition) is 1. The molecule has 118 valence electrons. The van der Waals surface area contributed by atoms with Crippen LogP contribution < -0.4 is 14.8 Å². The van der Waals surface area contributed by atoms with Gasteiger partial charge in [-0.15, -0.1) is 0 Å². The highest BCUT2D eigenvalue weighted by Gasteiger charge is 2.22. The van der Waals surface area contributed by atoms with Crippen molar-refractivity contribution in [3.05, 3.63) is 23.8 Å². The second-order valence-electron chi connectivity index (χ2n) is 5.85. The molecule has 1 aliphatic rings. The van der Waals surface area contributed by atoms with Gasteiger partial charge in [0.2, 0.25) is 0 Å². The van der Waals surface area contributed by atoms with Crippen LogP contribution in [0.1, 0.15) is 32.3 Å². The van der Waals surface area contributed by atoms with Crippen molar-refractivity contribution < 1.29 is 9.47 Å². The van der Waals surface area contributed by atoms with Crippen LogP contribution in [-0.2, 0) is 6.54 Å². The number of piperidine rings is 1. The van der Waals surface area contributed by atoms with Crippen LogP contribution >= 0.6 is 0 Å². The van der Waals surface area contributed by atoms with E-state index < -0.39 is 0 Å². The molecule has 2 rings (SSSR count). The lowest BCUT2D eigenvalue weighted by Crippen LogP contribution is -2.45. The number of nitrogens with one attached hydrogen (secondary N) is 1. The van der Waals surface area contributed by atoms with Crippen molar-refractivity contribution in [2.75, 3.05) is 27.3 Å². The summed E-state index contributed by atoms with van der Waals surface area (Å²) in [5, 5.41) is 3.67. The molecule has 0 aliphatic carbocycles. The SMILES string of the molecule is CCOc1ccc(CNC2CCN(C)C(C)C2)cc1OC. The molecule has 1 aromatic carbocycles. The molecule has 1 aliphatic heterocycles. The van der Waals surface area contributed by atoms with Crippen LogP contribution in [0.15, 0.2) is 18.2 Å². The van der Waals surface area contributed by atoms with Crippen molar-refractivity contribution in [3.8, 4) is 11.5 Å². The highest BCUT2D eigenvalue weighted by atomic mass is 16.5. The normalized spacial score (nSPS) is 23.0. The van der Waals surface area contributed by atoms with Crippen molar-refractivity contribution in [2.45, 2.75) is 45.3 Å². The Balaban J connectivity index is 1.91. The number of nitrogens with zero attached hydrogens (tertiary/aromatic N) is 1. The van der Waals surface area contributed by atoms with Crippen LogP contribution in [-0.4, -0.2) is 44.3 Å². The Labute approximate surface area is 128 Å². The molecular formula is C17H28N2O2. The summed E-state index contributed by atoms with van der Waals surface area (Å²) in [5.41, 5.74) is 1.24. The minimum atomic E-state index is 0.605. The maximum atomic E-state index is 5.55. The number of benzene rings is 1. The van der Waals surface area contributed by atoms with Crippen molar-refractivity contribution in [2.24, 2.45) is 0 Å². The van der Waals surface area contributed by atoms with Gasteiger partial charge in [0.25, 0.3) is 0 Å². The topological polar surface area (TPSA) is 33.7 Å². The van der Waals surface area contributed by atoms with Gasteiger partial charge in [0.05, 0.1) is 13.7 Å². The fraction of sp³-hybridized carbons (Fsp3) is 0.647. The zero-order chi connectivity index (χ0) is 15.2. The molecular weight excluding hydrogens is 264 g/mol. The molecule has 0 radical (unpaired) electrons. The summed E-state index contributed by atoms with van der Waals surface area (Å²) >= 11 is 0. The fourth-order valence-corrected chi connectivity index (χ4v) is 2.83. The quantitative estimate of drug-likeness (QED) is 0.874. The highest BCUT2D eigenvalue weighted by Crippen LogP contribution is 2.28. The second-order valence-corrected chi connectivity index (χ2v) is 5.85. The largest absolute Gasteiger partial charge is 0.493 e. The van der Waals surface area contributed by atoms with Gasteiger partial charge in [0, 0.05) is 18.6 Å². The standard InChI is InChI=1S/C17H28N2O2/c1-5-21-16-7-6-14(11-17(16)20-4)12-18-15-8-9-19(3)13(2)10-15/h6-7,11,13,15,18H,5,8-10,12H2,1-4H3. The minimum absolute atomic E-state index is 0.605. The van der Waals surface area contributed by atoms with Crippen molar-refractivity contribution >= 4 is 0 Å². The Morgan fingerprint density at radius 3 is 2.81 bits per heavy atom. The van der Waals surface area contributed by atoms with E-state index in [4.69, 9.17) is 9.47 Å². The molecule has 4 heteroatoms. The van der Waals surface area contributed by atoms with Crippen molar-refractivity contribution in [1.29, 1.82) is 0 Å². The molecule has 1 N–H and O–H groups in total. The Morgan fingerprint density at radius 2 is 2.14 bits per heavy atom. The third-order valence-electron chi connectivity index (χ3n) is 4.33. The smallest absolute Gasteiger partial charge is 0.161 e. The van der Waals surface area contributed by atoms with E-state index >= 15 is 0 Å². The molecule has 1 saturated heterocycles. The number of likely N-dealkylation sites (tertiary alicyclic amines) is 1. The summed E-state index contributed by atoms with van der Waals surface area (Å²) in [5.74, 6) is 1.63. The van der Waals surface area contributed by atoms with E-state index in [0.29, 0.717) is 18.7 Å². The van der Waals surface area contributed by atoms with Crippen LogP contribution in [0.4, 0.5) is 0 Å². The number of methoxy groups -OCH3 is 1. The molecule has 2 atom stereocenters. The van der Waals surface area contributed by atoms with Crippen LogP contribution in [0.25, 0.3) is 0 Å². The molecule has 21 heavy (non-hydrogen) atoms. The molecule has 2 unspecified atom stereocenters. The first-order valence-corrected chi connectivity index (χ1v) is 7.87. The van der Waals surface area contributed by atoms with Gasteiger partial charge in [-0.25, -0.2) is 0 Å². The maximum Gasteiger partial charge on any atom is 0.161 e. The molecule has 0 saturated carbocycles. The zero-order valence-electron chi connectivity index (χ0n) is 13.7. The van der Waals surface area contributed by atoms with Gasteiger partial charge in [-0.1, -0.05) is 6.07 Å². The molecule has 1 fully saturated rings. The van der Waals surface area contributed by atoms with Gasteiger partial charge < -0.3 is 19.7 Å². The van der Waals surface area contributed by atoms with Gasteiger partial charge >= 0.3 is 0 Å². The first-order valence-electron chi connectivity index (χ1n) is 7.87. The number of rotatable bonds is 6. The van der Waals surface area contributed by atoms with Gasteiger partial charge in [0.15, 0.2) is 11.5 Å². The fourth-order valence-electron chi connectivity index (χ4n) is 2.83. The van der Waals surface area contributed by atoms with E-state index in [9.17, 15) is 0 Å². The van der Waals surface area contributed by atoms with Gasteiger partial charge in [0.1, 0.15) is 0 Å². The first kappa shape index (κ1) is 16.1. The van der Waals surface area contributed by atoms with Crippen molar-refractivity contribution in [1.82, 2.24) is 10.2 Å². The molecule has 0 aromatic heterocycles. The highest BCUT2D eigenvalue weighted by molar-refractivity contribution is 5.42.